The van der Waals surface area contributed by atoms with E-state index in [0.717, 1.165) is 18.2 Å². The third-order valence-electron chi connectivity index (χ3n) is 3.06. The van der Waals surface area contributed by atoms with E-state index in [2.05, 4.69) is 0 Å². The number of ketones is 1. The molecule has 0 N–H and O–H groups in total. The van der Waals surface area contributed by atoms with Crippen LogP contribution in [0.25, 0.3) is 0 Å². The minimum Gasteiger partial charge on any atom is -0.493 e. The Hall–Kier alpha value is -2.43. The van der Waals surface area contributed by atoms with E-state index in [0.29, 0.717) is 5.75 Å². The lowest BCUT2D eigenvalue weighted by molar-refractivity contribution is 0.0988. The summed E-state index contributed by atoms with van der Waals surface area (Å²) in [5.41, 5.74) is 0.269. The topological polar surface area (TPSA) is 35.5 Å². The Kier molecular flexibility index (Phi) is 4.52. The normalized spacial score (nSPS) is 10.3. The molecule has 0 saturated heterocycles. The molecule has 0 bridgehead atoms. The van der Waals surface area contributed by atoms with Crippen LogP contribution in [0.3, 0.4) is 0 Å². The number of benzene rings is 2. The molecule has 0 unspecified atom stereocenters. The van der Waals surface area contributed by atoms with E-state index in [1.807, 2.05) is 0 Å². The van der Waals surface area contributed by atoms with Gasteiger partial charge in [0.1, 0.15) is 11.6 Å². The number of halogens is 2. The average molecular weight is 292 g/mol. The maximum atomic E-state index is 13.6. The molecule has 5 heteroatoms. The lowest BCUT2D eigenvalue weighted by Gasteiger charge is -2.12. The Balaban J connectivity index is 2.35. The first-order valence-electron chi connectivity index (χ1n) is 6.25. The van der Waals surface area contributed by atoms with Crippen LogP contribution < -0.4 is 9.47 Å². The van der Waals surface area contributed by atoms with Crippen LogP contribution in [0.5, 0.6) is 11.5 Å². The van der Waals surface area contributed by atoms with Crippen molar-refractivity contribution < 1.29 is 23.0 Å². The van der Waals surface area contributed by atoms with Crippen LogP contribution >= 0.6 is 0 Å². The summed E-state index contributed by atoms with van der Waals surface area (Å²) < 4.78 is 37.0. The lowest BCUT2D eigenvalue weighted by Crippen LogP contribution is -2.08. The van der Waals surface area contributed by atoms with Crippen molar-refractivity contribution in [2.45, 2.75) is 6.42 Å². The summed E-state index contributed by atoms with van der Waals surface area (Å²) in [6.45, 7) is 0. The molecule has 0 aliphatic carbocycles. The largest absolute Gasteiger partial charge is 0.493 e. The Labute approximate surface area is 121 Å². The van der Waals surface area contributed by atoms with E-state index in [-0.39, 0.29) is 29.1 Å². The predicted molar refractivity (Wildman–Crippen MR) is 73.9 cm³/mol. The zero-order chi connectivity index (χ0) is 15.4. The molecule has 0 fully saturated rings. The fourth-order valence-electron chi connectivity index (χ4n) is 2.05. The zero-order valence-electron chi connectivity index (χ0n) is 11.7. The molecule has 2 aromatic rings. The summed E-state index contributed by atoms with van der Waals surface area (Å²) in [6.07, 6.45) is -0.257. The molecule has 21 heavy (non-hydrogen) atoms. The van der Waals surface area contributed by atoms with E-state index in [1.165, 1.54) is 14.2 Å². The van der Waals surface area contributed by atoms with Gasteiger partial charge in [-0.25, -0.2) is 8.78 Å². The monoisotopic (exact) mass is 292 g/mol. The minimum absolute atomic E-state index is 0.00451. The molecule has 0 aliphatic rings. The fourth-order valence-corrected chi connectivity index (χ4v) is 2.05. The highest BCUT2D eigenvalue weighted by Gasteiger charge is 2.18. The van der Waals surface area contributed by atoms with Crippen LogP contribution in [0.15, 0.2) is 36.4 Å². The van der Waals surface area contributed by atoms with Crippen molar-refractivity contribution in [3.63, 3.8) is 0 Å². The van der Waals surface area contributed by atoms with Gasteiger partial charge in [0.2, 0.25) is 0 Å². The van der Waals surface area contributed by atoms with Gasteiger partial charge in [0.05, 0.1) is 19.8 Å². The molecule has 0 saturated carbocycles. The van der Waals surface area contributed by atoms with E-state index in [4.69, 9.17) is 9.47 Å². The van der Waals surface area contributed by atoms with Gasteiger partial charge in [-0.05, 0) is 35.9 Å². The van der Waals surface area contributed by atoms with Gasteiger partial charge >= 0.3 is 0 Å². The van der Waals surface area contributed by atoms with E-state index in [9.17, 15) is 13.6 Å². The number of methoxy groups -OCH3 is 2. The van der Waals surface area contributed by atoms with Crippen molar-refractivity contribution >= 4 is 5.78 Å². The molecule has 0 aromatic heterocycles. The van der Waals surface area contributed by atoms with Crippen LogP contribution in [-0.2, 0) is 6.42 Å². The second-order valence-corrected chi connectivity index (χ2v) is 4.38. The zero-order valence-corrected chi connectivity index (χ0v) is 11.7. The first-order valence-corrected chi connectivity index (χ1v) is 6.25. The quantitative estimate of drug-likeness (QED) is 0.792. The summed E-state index contributed by atoms with van der Waals surface area (Å²) in [5, 5.41) is 0. The van der Waals surface area contributed by atoms with Gasteiger partial charge in [0.15, 0.2) is 17.3 Å². The van der Waals surface area contributed by atoms with Gasteiger partial charge in [-0.2, -0.15) is 0 Å². The lowest BCUT2D eigenvalue weighted by atomic mass is 10.0. The fraction of sp³-hybridized carbons (Fsp3) is 0.188. The van der Waals surface area contributed by atoms with Gasteiger partial charge in [0, 0.05) is 6.42 Å². The van der Waals surface area contributed by atoms with Crippen LogP contribution in [-0.4, -0.2) is 20.0 Å². The van der Waals surface area contributed by atoms with Crippen LogP contribution in [0.2, 0.25) is 0 Å². The summed E-state index contributed by atoms with van der Waals surface area (Å²) in [6, 6.07) is 7.87. The van der Waals surface area contributed by atoms with Crippen LogP contribution in [0.4, 0.5) is 8.78 Å². The predicted octanol–water partition coefficient (Wildman–Crippen LogP) is 3.41. The number of para-hydroxylation sites is 1. The second-order valence-electron chi connectivity index (χ2n) is 4.38. The Morgan fingerprint density at radius 2 is 1.86 bits per heavy atom. The summed E-state index contributed by atoms with van der Waals surface area (Å²) >= 11 is 0. The van der Waals surface area contributed by atoms with Crippen molar-refractivity contribution in [2.75, 3.05) is 14.2 Å². The molecular formula is C16H14F2O3. The first kappa shape index (κ1) is 15.0. The van der Waals surface area contributed by atoms with E-state index >= 15 is 0 Å². The van der Waals surface area contributed by atoms with Crippen molar-refractivity contribution in [3.8, 4) is 11.5 Å². The van der Waals surface area contributed by atoms with Crippen molar-refractivity contribution in [1.29, 1.82) is 0 Å². The van der Waals surface area contributed by atoms with Gasteiger partial charge in [-0.1, -0.05) is 6.07 Å². The Morgan fingerprint density at radius 1 is 1.10 bits per heavy atom. The number of carbonyl (C=O) groups is 1. The molecule has 0 aliphatic heterocycles. The molecule has 0 heterocycles. The number of rotatable bonds is 5. The highest BCUT2D eigenvalue weighted by molar-refractivity contribution is 6.00. The van der Waals surface area contributed by atoms with Crippen molar-refractivity contribution in [2.24, 2.45) is 0 Å². The molecule has 3 nitrogen and oxygen atoms in total. The highest BCUT2D eigenvalue weighted by atomic mass is 19.1. The maximum Gasteiger partial charge on any atom is 0.171 e. The molecule has 2 rings (SSSR count). The summed E-state index contributed by atoms with van der Waals surface area (Å²) in [4.78, 5) is 12.3. The van der Waals surface area contributed by atoms with Crippen molar-refractivity contribution in [3.05, 3.63) is 59.2 Å². The van der Waals surface area contributed by atoms with Crippen LogP contribution in [0, 0.1) is 11.6 Å². The van der Waals surface area contributed by atoms with E-state index in [1.54, 1.807) is 18.2 Å². The van der Waals surface area contributed by atoms with Crippen LogP contribution in [0.1, 0.15) is 15.9 Å². The Bertz CT molecular complexity index is 669. The number of hydrogen-bond donors (Lipinski definition) is 0. The summed E-state index contributed by atoms with van der Waals surface area (Å²) in [5.74, 6) is -0.899. The standard InChI is InChI=1S/C16H14F2O3/c1-20-15-5-3-4-12(16(15)21-2)14(19)9-10-8-11(17)6-7-13(10)18/h3-8H,9H2,1-2H3. The molecule has 0 atom stereocenters. The molecule has 0 spiro atoms. The highest BCUT2D eigenvalue weighted by Crippen LogP contribution is 2.31. The second kappa shape index (κ2) is 6.35. The van der Waals surface area contributed by atoms with Gasteiger partial charge in [-0.15, -0.1) is 0 Å². The maximum absolute atomic E-state index is 13.6. The third kappa shape index (κ3) is 3.18. The number of hydrogen-bond acceptors (Lipinski definition) is 3. The third-order valence-corrected chi connectivity index (χ3v) is 3.06. The first-order chi connectivity index (χ1) is 10.1. The molecule has 110 valence electrons. The number of carbonyl (C=O) groups excluding carboxylic acids is 1. The summed E-state index contributed by atoms with van der Waals surface area (Å²) in [7, 11) is 2.87. The molecular weight excluding hydrogens is 278 g/mol. The number of Topliss-reactive ketones (excluding diaryl/α,β-unsaturated/α-hetero) is 1. The Morgan fingerprint density at radius 3 is 2.52 bits per heavy atom. The van der Waals surface area contributed by atoms with E-state index < -0.39 is 11.6 Å². The van der Waals surface area contributed by atoms with Gasteiger partial charge in [0.25, 0.3) is 0 Å². The number of ether oxygens (including phenoxy) is 2. The molecule has 2 aromatic carbocycles. The smallest absolute Gasteiger partial charge is 0.171 e. The van der Waals surface area contributed by atoms with Gasteiger partial charge < -0.3 is 9.47 Å². The van der Waals surface area contributed by atoms with Crippen molar-refractivity contribution in [1.82, 2.24) is 0 Å². The minimum atomic E-state index is -0.619. The SMILES string of the molecule is COc1cccc(C(=O)Cc2cc(F)ccc2F)c1OC. The average Bonchev–Trinajstić information content (AvgIpc) is 2.49. The van der Waals surface area contributed by atoms with Gasteiger partial charge in [-0.3, -0.25) is 4.79 Å². The molecule has 0 radical (unpaired) electrons. The molecule has 0 amide bonds.